The van der Waals surface area contributed by atoms with Gasteiger partial charge in [-0.15, -0.1) is 0 Å². The molecule has 0 aromatic heterocycles. The lowest BCUT2D eigenvalue weighted by molar-refractivity contribution is -0.144. The molecule has 0 radical (unpaired) electrons. The highest BCUT2D eigenvalue weighted by molar-refractivity contribution is 5.75. The predicted molar refractivity (Wildman–Crippen MR) is 97.2 cm³/mol. The van der Waals surface area contributed by atoms with Crippen molar-refractivity contribution in [2.75, 3.05) is 19.7 Å². The van der Waals surface area contributed by atoms with E-state index < -0.39 is 5.97 Å². The van der Waals surface area contributed by atoms with Gasteiger partial charge < -0.3 is 14.7 Å². The van der Waals surface area contributed by atoms with Crippen LogP contribution in [0.5, 0.6) is 0 Å². The molecule has 1 fully saturated rings. The Balaban J connectivity index is 0.000000496. The Labute approximate surface area is 151 Å². The number of hydrogen-bond acceptors (Lipinski definition) is 4. The van der Waals surface area contributed by atoms with Crippen LogP contribution in [0.25, 0.3) is 0 Å². The highest BCUT2D eigenvalue weighted by atomic mass is 16.5. The summed E-state index contributed by atoms with van der Waals surface area (Å²) in [5.41, 5.74) is 0. The molecule has 1 aliphatic carbocycles. The van der Waals surface area contributed by atoms with Crippen molar-refractivity contribution in [3.05, 3.63) is 0 Å². The Morgan fingerprint density at radius 3 is 2.20 bits per heavy atom. The van der Waals surface area contributed by atoms with Gasteiger partial charge in [-0.1, -0.05) is 39.0 Å². The molecule has 0 aromatic rings. The van der Waals surface area contributed by atoms with Crippen molar-refractivity contribution in [3.8, 4) is 0 Å². The molecule has 0 atom stereocenters. The number of unbranched alkanes of at least 4 members (excludes halogenated alkanes) is 1. The number of carbonyl (C=O) groups excluding carboxylic acids is 2. The highest BCUT2D eigenvalue weighted by Gasteiger charge is 2.15. The van der Waals surface area contributed by atoms with Crippen molar-refractivity contribution in [2.45, 2.75) is 78.6 Å². The number of nitrogens with zero attached hydrogens (tertiary/aromatic N) is 1. The monoisotopic (exact) mass is 357 g/mol. The molecule has 25 heavy (non-hydrogen) atoms. The quantitative estimate of drug-likeness (QED) is 0.604. The summed E-state index contributed by atoms with van der Waals surface area (Å²) in [5.74, 6) is -0.143. The Bertz CT molecular complexity index is 389. The van der Waals surface area contributed by atoms with Crippen molar-refractivity contribution in [2.24, 2.45) is 5.92 Å². The molecule has 0 spiro atoms. The number of carbonyl (C=O) groups is 3. The van der Waals surface area contributed by atoms with Crippen LogP contribution in [0.1, 0.15) is 78.6 Å². The lowest BCUT2D eigenvalue weighted by Gasteiger charge is -2.20. The topological polar surface area (TPSA) is 83.9 Å². The van der Waals surface area contributed by atoms with Gasteiger partial charge in [0.1, 0.15) is 0 Å². The van der Waals surface area contributed by atoms with Crippen molar-refractivity contribution in [1.82, 2.24) is 4.90 Å². The summed E-state index contributed by atoms with van der Waals surface area (Å²) >= 11 is 0. The minimum atomic E-state index is -0.646. The van der Waals surface area contributed by atoms with Gasteiger partial charge in [-0.25, -0.2) is 0 Å². The Morgan fingerprint density at radius 2 is 1.72 bits per heavy atom. The van der Waals surface area contributed by atoms with Gasteiger partial charge in [0.05, 0.1) is 13.0 Å². The van der Waals surface area contributed by atoms with Crippen LogP contribution in [0, 0.1) is 5.92 Å². The Morgan fingerprint density at radius 1 is 1.08 bits per heavy atom. The molecule has 1 rings (SSSR count). The second-order valence-electron chi connectivity index (χ2n) is 6.50. The first-order chi connectivity index (χ1) is 11.9. The third kappa shape index (κ3) is 13.4. The molecule has 6 nitrogen and oxygen atoms in total. The van der Waals surface area contributed by atoms with Crippen LogP contribution < -0.4 is 0 Å². The first-order valence-corrected chi connectivity index (χ1v) is 9.53. The van der Waals surface area contributed by atoms with Gasteiger partial charge >= 0.3 is 11.9 Å². The van der Waals surface area contributed by atoms with E-state index in [0.29, 0.717) is 19.6 Å². The molecule has 0 unspecified atom stereocenters. The highest BCUT2D eigenvalue weighted by Crippen LogP contribution is 2.28. The molecule has 1 saturated carbocycles. The van der Waals surface area contributed by atoms with Crippen molar-refractivity contribution in [1.29, 1.82) is 0 Å². The van der Waals surface area contributed by atoms with E-state index in [1.807, 2.05) is 0 Å². The Kier molecular flexibility index (Phi) is 13.8. The standard InChI is InChI=1S/C11H21NO3.C8H14O2/c1-4-6-8-12(10(3)13)9-7-11(14)15-5-2;9-8(10)6-5-7-3-1-2-4-7/h4-9H2,1-3H3;7H,1-6H2,(H,9,10). The lowest BCUT2D eigenvalue weighted by atomic mass is 10.0. The zero-order valence-electron chi connectivity index (χ0n) is 16.1. The second kappa shape index (κ2) is 14.7. The third-order valence-corrected chi connectivity index (χ3v) is 4.36. The maximum absolute atomic E-state index is 11.2. The zero-order chi connectivity index (χ0) is 19.1. The maximum atomic E-state index is 11.2. The van der Waals surface area contributed by atoms with E-state index in [9.17, 15) is 14.4 Å². The van der Waals surface area contributed by atoms with E-state index in [2.05, 4.69) is 6.92 Å². The van der Waals surface area contributed by atoms with Gasteiger partial charge in [0.15, 0.2) is 0 Å². The first-order valence-electron chi connectivity index (χ1n) is 9.53. The van der Waals surface area contributed by atoms with Crippen LogP contribution in [-0.2, 0) is 19.1 Å². The fourth-order valence-corrected chi connectivity index (χ4v) is 2.86. The van der Waals surface area contributed by atoms with Crippen LogP contribution in [0.15, 0.2) is 0 Å². The summed E-state index contributed by atoms with van der Waals surface area (Å²) < 4.78 is 4.80. The predicted octanol–water partition coefficient (Wildman–Crippen LogP) is 3.63. The minimum absolute atomic E-state index is 0.0211. The first kappa shape index (κ1) is 23.4. The van der Waals surface area contributed by atoms with Crippen molar-refractivity contribution in [3.63, 3.8) is 0 Å². The van der Waals surface area contributed by atoms with E-state index in [1.165, 1.54) is 32.6 Å². The molecule has 1 amide bonds. The number of esters is 1. The second-order valence-corrected chi connectivity index (χ2v) is 6.50. The van der Waals surface area contributed by atoms with Gasteiger partial charge in [0.25, 0.3) is 0 Å². The molecule has 1 aliphatic rings. The van der Waals surface area contributed by atoms with Gasteiger partial charge in [-0.05, 0) is 25.7 Å². The number of ether oxygens (including phenoxy) is 1. The molecule has 146 valence electrons. The van der Waals surface area contributed by atoms with Crippen LogP contribution in [0.4, 0.5) is 0 Å². The van der Waals surface area contributed by atoms with Gasteiger partial charge in [0.2, 0.25) is 5.91 Å². The average Bonchev–Trinajstić information content (AvgIpc) is 3.07. The summed E-state index contributed by atoms with van der Waals surface area (Å²) in [6.45, 7) is 6.97. The molecular formula is C19H35NO5. The summed E-state index contributed by atoms with van der Waals surface area (Å²) in [5, 5.41) is 8.37. The smallest absolute Gasteiger partial charge is 0.307 e. The van der Waals surface area contributed by atoms with E-state index in [-0.39, 0.29) is 18.3 Å². The number of aliphatic carboxylic acids is 1. The molecule has 0 aromatic carbocycles. The van der Waals surface area contributed by atoms with Crippen LogP contribution in [-0.4, -0.2) is 47.5 Å². The molecular weight excluding hydrogens is 322 g/mol. The molecule has 0 heterocycles. The number of rotatable bonds is 10. The Hall–Kier alpha value is -1.59. The van der Waals surface area contributed by atoms with E-state index in [4.69, 9.17) is 9.84 Å². The third-order valence-electron chi connectivity index (χ3n) is 4.36. The van der Waals surface area contributed by atoms with Crippen molar-refractivity contribution < 1.29 is 24.2 Å². The van der Waals surface area contributed by atoms with Gasteiger partial charge in [-0.3, -0.25) is 14.4 Å². The van der Waals surface area contributed by atoms with Crippen molar-refractivity contribution >= 4 is 17.8 Å². The SMILES string of the molecule is CCCCN(CCC(=O)OCC)C(C)=O.O=C(O)CCC1CCCC1. The average molecular weight is 357 g/mol. The van der Waals surface area contributed by atoms with Crippen LogP contribution >= 0.6 is 0 Å². The molecule has 6 heteroatoms. The zero-order valence-corrected chi connectivity index (χ0v) is 16.1. The fourth-order valence-electron chi connectivity index (χ4n) is 2.86. The number of amides is 1. The van der Waals surface area contributed by atoms with E-state index >= 15 is 0 Å². The number of carboxylic acid groups (broad SMARTS) is 1. The summed E-state index contributed by atoms with van der Waals surface area (Å²) in [6.07, 6.45) is 8.71. The lowest BCUT2D eigenvalue weighted by Crippen LogP contribution is -2.32. The summed E-state index contributed by atoms with van der Waals surface area (Å²) in [7, 11) is 0. The molecule has 0 bridgehead atoms. The normalized spacial score (nSPS) is 13.7. The molecule has 1 N–H and O–H groups in total. The number of hydrogen-bond donors (Lipinski definition) is 1. The minimum Gasteiger partial charge on any atom is -0.481 e. The van der Waals surface area contributed by atoms with E-state index in [1.54, 1.807) is 11.8 Å². The summed E-state index contributed by atoms with van der Waals surface area (Å²) in [4.78, 5) is 34.1. The van der Waals surface area contributed by atoms with Crippen LogP contribution in [0.3, 0.4) is 0 Å². The van der Waals surface area contributed by atoms with Gasteiger partial charge in [0, 0.05) is 26.4 Å². The fraction of sp³-hybridized carbons (Fsp3) is 0.842. The van der Waals surface area contributed by atoms with Gasteiger partial charge in [-0.2, -0.15) is 0 Å². The van der Waals surface area contributed by atoms with E-state index in [0.717, 1.165) is 31.7 Å². The van der Waals surface area contributed by atoms with Crippen LogP contribution in [0.2, 0.25) is 0 Å². The largest absolute Gasteiger partial charge is 0.481 e. The summed E-state index contributed by atoms with van der Waals surface area (Å²) in [6, 6.07) is 0. The molecule has 0 saturated heterocycles. The molecule has 0 aliphatic heterocycles. The number of carboxylic acids is 1. The maximum Gasteiger partial charge on any atom is 0.307 e.